The molecule has 0 fully saturated rings. The lowest BCUT2D eigenvalue weighted by atomic mass is 9.78. The highest BCUT2D eigenvalue weighted by Gasteiger charge is 2.27. The lowest BCUT2D eigenvalue weighted by Crippen LogP contribution is -2.21. The Labute approximate surface area is 159 Å². The molecule has 0 unspecified atom stereocenters. The van der Waals surface area contributed by atoms with Crippen molar-refractivity contribution in [1.29, 1.82) is 0 Å². The zero-order valence-corrected chi connectivity index (χ0v) is 19.2. The maximum absolute atomic E-state index is 12.9. The average molecular weight is 383 g/mol. The molecule has 4 heteroatoms. The third-order valence-corrected chi connectivity index (χ3v) is 5.49. The Balaban J connectivity index is 3.78. The third-order valence-electron chi connectivity index (χ3n) is 4.19. The van der Waals surface area contributed by atoms with E-state index < -0.39 is 21.1 Å². The molecule has 0 radical (unpaired) electrons. The van der Waals surface area contributed by atoms with Crippen LogP contribution in [0.1, 0.15) is 65.2 Å². The lowest BCUT2D eigenvalue weighted by molar-refractivity contribution is 0.0807. The molecule has 0 amide bonds. The molecular weight excluding hydrogens is 346 g/mol. The normalized spacial score (nSPS) is 14.1. The standard InChI is InChI=1S/C22H36F2OSi/c1-15(14-26(8,9)10)17-11-16(21(2,3)4)12-18(22(5,6)7)20(17)25-13-19(23)24/h11-12,14,19H,13H2,1-10H3/b15-14-. The van der Waals surface area contributed by atoms with E-state index in [9.17, 15) is 8.78 Å². The van der Waals surface area contributed by atoms with Gasteiger partial charge in [0.25, 0.3) is 6.43 Å². The first-order chi connectivity index (χ1) is 11.5. The van der Waals surface area contributed by atoms with Gasteiger partial charge in [-0.05, 0) is 35.0 Å². The number of rotatable bonds is 5. The minimum Gasteiger partial charge on any atom is -0.487 e. The van der Waals surface area contributed by atoms with Crippen molar-refractivity contribution in [3.05, 3.63) is 34.5 Å². The summed E-state index contributed by atoms with van der Waals surface area (Å²) in [6.07, 6.45) is -2.49. The van der Waals surface area contributed by atoms with Crippen LogP contribution in [0, 0.1) is 0 Å². The van der Waals surface area contributed by atoms with Crippen LogP contribution in [0.3, 0.4) is 0 Å². The van der Waals surface area contributed by atoms with Crippen molar-refractivity contribution in [2.75, 3.05) is 6.61 Å². The third kappa shape index (κ3) is 6.53. The summed E-state index contributed by atoms with van der Waals surface area (Å²) in [7, 11) is -1.46. The highest BCUT2D eigenvalue weighted by atomic mass is 28.3. The van der Waals surface area contributed by atoms with Gasteiger partial charge in [0.05, 0.1) is 8.07 Å². The highest BCUT2D eigenvalue weighted by Crippen LogP contribution is 2.41. The number of benzene rings is 1. The maximum atomic E-state index is 12.9. The lowest BCUT2D eigenvalue weighted by Gasteiger charge is -2.30. The van der Waals surface area contributed by atoms with Gasteiger partial charge in [0.15, 0.2) is 0 Å². The number of hydrogen-bond acceptors (Lipinski definition) is 1. The van der Waals surface area contributed by atoms with Gasteiger partial charge < -0.3 is 4.74 Å². The number of halogens is 2. The summed E-state index contributed by atoms with van der Waals surface area (Å²) in [6, 6.07) is 4.26. The van der Waals surface area contributed by atoms with Crippen LogP contribution in [-0.2, 0) is 10.8 Å². The predicted molar refractivity (Wildman–Crippen MR) is 112 cm³/mol. The van der Waals surface area contributed by atoms with Gasteiger partial charge in [0, 0.05) is 11.1 Å². The monoisotopic (exact) mass is 382 g/mol. The fraction of sp³-hybridized carbons (Fsp3) is 0.636. The van der Waals surface area contributed by atoms with Crippen LogP contribution in [0.25, 0.3) is 5.57 Å². The van der Waals surface area contributed by atoms with Crippen molar-refractivity contribution in [3.8, 4) is 5.75 Å². The number of ether oxygens (including phenoxy) is 1. The first-order valence-electron chi connectivity index (χ1n) is 9.32. The van der Waals surface area contributed by atoms with Crippen molar-refractivity contribution < 1.29 is 13.5 Å². The van der Waals surface area contributed by atoms with Gasteiger partial charge >= 0.3 is 0 Å². The Morgan fingerprint density at radius 2 is 1.58 bits per heavy atom. The predicted octanol–water partition coefficient (Wildman–Crippen LogP) is 7.21. The molecule has 0 aliphatic rings. The van der Waals surface area contributed by atoms with Crippen molar-refractivity contribution in [3.63, 3.8) is 0 Å². The molecule has 1 aromatic rings. The Morgan fingerprint density at radius 1 is 1.04 bits per heavy atom. The van der Waals surface area contributed by atoms with Gasteiger partial charge in [-0.2, -0.15) is 0 Å². The Kier molecular flexibility index (Phi) is 6.89. The molecular formula is C22H36F2OSi. The van der Waals surface area contributed by atoms with Crippen molar-refractivity contribution in [2.45, 2.75) is 85.4 Å². The summed E-state index contributed by atoms with van der Waals surface area (Å²) < 4.78 is 31.5. The molecule has 0 aliphatic heterocycles. The summed E-state index contributed by atoms with van der Waals surface area (Å²) in [5, 5.41) is 0. The summed E-state index contributed by atoms with van der Waals surface area (Å²) >= 11 is 0. The number of hydrogen-bond donors (Lipinski definition) is 0. The topological polar surface area (TPSA) is 9.23 Å². The molecule has 1 aromatic carbocycles. The van der Waals surface area contributed by atoms with Crippen LogP contribution in [0.4, 0.5) is 8.78 Å². The van der Waals surface area contributed by atoms with Crippen LogP contribution in [0.2, 0.25) is 19.6 Å². The molecule has 1 nitrogen and oxygen atoms in total. The second kappa shape index (κ2) is 7.83. The average Bonchev–Trinajstić information content (AvgIpc) is 2.40. The van der Waals surface area contributed by atoms with E-state index >= 15 is 0 Å². The van der Waals surface area contributed by atoms with E-state index in [0.717, 1.165) is 16.7 Å². The molecule has 0 aliphatic carbocycles. The first-order valence-corrected chi connectivity index (χ1v) is 12.9. The SMILES string of the molecule is C/C(=C/[Si](C)(C)C)c1cc(C(C)(C)C)cc(C(C)(C)C)c1OCC(F)F. The zero-order valence-electron chi connectivity index (χ0n) is 18.2. The molecule has 0 aromatic heterocycles. The Morgan fingerprint density at radius 3 is 1.96 bits per heavy atom. The maximum Gasteiger partial charge on any atom is 0.272 e. The van der Waals surface area contributed by atoms with Crippen LogP contribution in [-0.4, -0.2) is 21.1 Å². The highest BCUT2D eigenvalue weighted by molar-refractivity contribution is 6.81. The minimum absolute atomic E-state index is 0.0323. The summed E-state index contributed by atoms with van der Waals surface area (Å²) in [5.41, 5.74) is 6.34. The fourth-order valence-electron chi connectivity index (χ4n) is 2.94. The van der Waals surface area contributed by atoms with E-state index in [1.165, 1.54) is 5.56 Å². The Bertz CT molecular complexity index is 656. The van der Waals surface area contributed by atoms with Crippen LogP contribution in [0.15, 0.2) is 17.8 Å². The van der Waals surface area contributed by atoms with Crippen LogP contribution >= 0.6 is 0 Å². The van der Waals surface area contributed by atoms with Crippen LogP contribution < -0.4 is 4.74 Å². The van der Waals surface area contributed by atoms with Gasteiger partial charge in [-0.3, -0.25) is 0 Å². The van der Waals surface area contributed by atoms with E-state index in [0.29, 0.717) is 5.75 Å². The Hall–Kier alpha value is -1.16. The van der Waals surface area contributed by atoms with Gasteiger partial charge in [-0.25, -0.2) is 8.78 Å². The van der Waals surface area contributed by atoms with Crippen molar-refractivity contribution in [2.24, 2.45) is 0 Å². The molecule has 0 N–H and O–H groups in total. The van der Waals surface area contributed by atoms with Gasteiger partial charge in [0.2, 0.25) is 0 Å². The largest absolute Gasteiger partial charge is 0.487 e. The van der Waals surface area contributed by atoms with Crippen LogP contribution in [0.5, 0.6) is 5.75 Å². The van der Waals surface area contributed by atoms with E-state index in [1.54, 1.807) is 0 Å². The van der Waals surface area contributed by atoms with E-state index in [2.05, 4.69) is 85.9 Å². The number of alkyl halides is 2. The summed E-state index contributed by atoms with van der Waals surface area (Å²) in [4.78, 5) is 0. The second-order valence-electron chi connectivity index (χ2n) is 10.3. The first kappa shape index (κ1) is 22.9. The molecule has 1 rings (SSSR count). The second-order valence-corrected chi connectivity index (χ2v) is 15.3. The molecule has 0 saturated carbocycles. The molecule has 0 spiro atoms. The fourth-order valence-corrected chi connectivity index (χ4v) is 4.40. The quantitative estimate of drug-likeness (QED) is 0.489. The van der Waals surface area contributed by atoms with Gasteiger partial charge in [-0.15, -0.1) is 0 Å². The summed E-state index contributed by atoms with van der Waals surface area (Å²) in [5.74, 6) is 0.609. The molecule has 0 atom stereocenters. The molecule has 0 bridgehead atoms. The summed E-state index contributed by atoms with van der Waals surface area (Å²) in [6.45, 7) is 21.1. The van der Waals surface area contributed by atoms with Gasteiger partial charge in [-0.1, -0.05) is 72.9 Å². The van der Waals surface area contributed by atoms with E-state index in [1.807, 2.05) is 0 Å². The van der Waals surface area contributed by atoms with Crippen molar-refractivity contribution in [1.82, 2.24) is 0 Å². The molecule has 148 valence electrons. The molecule has 0 heterocycles. The molecule has 26 heavy (non-hydrogen) atoms. The van der Waals surface area contributed by atoms with Crippen molar-refractivity contribution >= 4 is 13.6 Å². The smallest absolute Gasteiger partial charge is 0.272 e. The minimum atomic E-state index is -2.49. The zero-order chi connectivity index (χ0) is 20.5. The number of allylic oxidation sites excluding steroid dienone is 1. The molecule has 0 saturated heterocycles. The van der Waals surface area contributed by atoms with Gasteiger partial charge in [0.1, 0.15) is 12.4 Å². The van der Waals surface area contributed by atoms with E-state index in [4.69, 9.17) is 4.74 Å². The van der Waals surface area contributed by atoms with E-state index in [-0.39, 0.29) is 10.8 Å².